The van der Waals surface area contributed by atoms with Crippen molar-refractivity contribution in [2.45, 2.75) is 124 Å². The third-order valence-electron chi connectivity index (χ3n) is 11.8. The van der Waals surface area contributed by atoms with Crippen molar-refractivity contribution in [1.29, 1.82) is 0 Å². The van der Waals surface area contributed by atoms with Crippen LogP contribution >= 0.6 is 0 Å². The summed E-state index contributed by atoms with van der Waals surface area (Å²) in [5.41, 5.74) is 8.08. The third-order valence-corrected chi connectivity index (χ3v) is 11.8. The quantitative estimate of drug-likeness (QED) is 0.113. The van der Waals surface area contributed by atoms with E-state index in [0.29, 0.717) is 60.8 Å². The molecule has 1 aliphatic carbocycles. The van der Waals surface area contributed by atoms with Crippen molar-refractivity contribution >= 4 is 11.8 Å². The molecule has 4 aromatic rings. The van der Waals surface area contributed by atoms with Crippen LogP contribution in [-0.4, -0.2) is 39.0 Å². The maximum absolute atomic E-state index is 16.1. The minimum atomic E-state index is -1.74. The molecule has 2 amide bonds. The predicted molar refractivity (Wildman–Crippen MR) is 219 cm³/mol. The van der Waals surface area contributed by atoms with Gasteiger partial charge in [0.25, 0.3) is 0 Å². The van der Waals surface area contributed by atoms with Gasteiger partial charge in [-0.25, -0.2) is 0 Å². The van der Waals surface area contributed by atoms with Gasteiger partial charge in [0, 0.05) is 0 Å². The Bertz CT molecular complexity index is 1650. The second-order valence-corrected chi connectivity index (χ2v) is 17.0. The van der Waals surface area contributed by atoms with E-state index in [2.05, 4.69) is 27.7 Å². The Balaban J connectivity index is 1.95. The van der Waals surface area contributed by atoms with Crippen LogP contribution in [0.1, 0.15) is 117 Å². The van der Waals surface area contributed by atoms with Gasteiger partial charge >= 0.3 is 0 Å². The van der Waals surface area contributed by atoms with Gasteiger partial charge < -0.3 is 20.8 Å². The monoisotopic (exact) mass is 730 g/mol. The second kappa shape index (κ2) is 16.6. The fraction of sp³-hybridized carbons (Fsp3) is 0.458. The Morgan fingerprint density at radius 2 is 0.852 bits per heavy atom. The normalized spacial score (nSPS) is 15.9. The van der Waals surface area contributed by atoms with Gasteiger partial charge in [-0.15, -0.1) is 0 Å². The number of nitrogens with two attached hydrogens (primary N) is 1. The van der Waals surface area contributed by atoms with E-state index >= 15 is 4.79 Å². The number of aliphatic hydroxyl groups is 2. The van der Waals surface area contributed by atoms with Crippen molar-refractivity contribution < 1.29 is 19.8 Å². The molecule has 6 heteroatoms. The Labute approximate surface area is 323 Å². The first-order valence-corrected chi connectivity index (χ1v) is 19.9. The van der Waals surface area contributed by atoms with E-state index < -0.39 is 40.5 Å². The summed E-state index contributed by atoms with van der Waals surface area (Å²) in [7, 11) is 0. The molecule has 6 nitrogen and oxygen atoms in total. The molecule has 5 rings (SSSR count). The van der Waals surface area contributed by atoms with Crippen LogP contribution in [0.15, 0.2) is 97.1 Å². The molecule has 0 heterocycles. The minimum absolute atomic E-state index is 0.00940. The molecule has 0 radical (unpaired) electrons. The molecule has 0 spiro atoms. The molecule has 1 saturated carbocycles. The summed E-state index contributed by atoms with van der Waals surface area (Å²) in [6, 6.07) is 29.6. The lowest BCUT2D eigenvalue weighted by Gasteiger charge is -2.54. The molecule has 0 aliphatic heterocycles. The summed E-state index contributed by atoms with van der Waals surface area (Å²) in [4.78, 5) is 31.8. The van der Waals surface area contributed by atoms with Crippen molar-refractivity contribution in [3.8, 4) is 0 Å². The molecule has 4 aromatic carbocycles. The fourth-order valence-electron chi connectivity index (χ4n) is 8.67. The number of hydrogen-bond acceptors (Lipinski definition) is 4. The van der Waals surface area contributed by atoms with E-state index in [4.69, 9.17) is 5.73 Å². The molecule has 0 saturated heterocycles. The van der Waals surface area contributed by atoms with Crippen LogP contribution in [0.3, 0.4) is 0 Å². The Hall–Kier alpha value is -4.26. The van der Waals surface area contributed by atoms with Gasteiger partial charge in [0.2, 0.25) is 11.8 Å². The summed E-state index contributed by atoms with van der Waals surface area (Å²) in [6.07, 6.45) is 3.68. The highest BCUT2D eigenvalue weighted by Gasteiger charge is 2.58. The average Bonchev–Trinajstić information content (AvgIpc) is 3.14. The number of hydrogen-bond donors (Lipinski definition) is 3. The number of aryl methyl sites for hydroxylation is 4. The van der Waals surface area contributed by atoms with Crippen molar-refractivity contribution in [3.63, 3.8) is 0 Å². The highest BCUT2D eigenvalue weighted by atomic mass is 16.3. The van der Waals surface area contributed by atoms with E-state index in [1.807, 2.05) is 125 Å². The first-order valence-electron chi connectivity index (χ1n) is 19.9. The number of carbonyl (C=O) groups is 2. The average molecular weight is 731 g/mol. The number of amides is 2. The molecule has 288 valence electrons. The van der Waals surface area contributed by atoms with Crippen LogP contribution in [0.2, 0.25) is 0 Å². The zero-order valence-electron chi connectivity index (χ0n) is 33.7. The van der Waals surface area contributed by atoms with E-state index in [1.54, 1.807) is 4.90 Å². The topological polar surface area (TPSA) is 104 Å². The van der Waals surface area contributed by atoms with Gasteiger partial charge in [-0.1, -0.05) is 166 Å². The van der Waals surface area contributed by atoms with Crippen molar-refractivity contribution in [2.75, 3.05) is 0 Å². The molecule has 54 heavy (non-hydrogen) atoms. The lowest BCUT2D eigenvalue weighted by Crippen LogP contribution is -2.67. The van der Waals surface area contributed by atoms with Crippen LogP contribution in [0.5, 0.6) is 0 Å². The Morgan fingerprint density at radius 3 is 1.09 bits per heavy atom. The number of nitrogens with zero attached hydrogens (tertiary/aromatic N) is 1. The van der Waals surface area contributed by atoms with Crippen molar-refractivity contribution in [2.24, 2.45) is 23.0 Å². The molecule has 0 bridgehead atoms. The van der Waals surface area contributed by atoms with Crippen molar-refractivity contribution in [1.82, 2.24) is 4.90 Å². The molecule has 1 fully saturated rings. The predicted octanol–water partition coefficient (Wildman–Crippen LogP) is 9.19. The zero-order chi connectivity index (χ0) is 39.4. The molecule has 1 aliphatic rings. The fourth-order valence-corrected chi connectivity index (χ4v) is 8.67. The maximum atomic E-state index is 16.1. The summed E-state index contributed by atoms with van der Waals surface area (Å²) in [5.74, 6) is -1.04. The first kappa shape index (κ1) is 40.9. The highest BCUT2D eigenvalue weighted by Crippen LogP contribution is 2.49. The third kappa shape index (κ3) is 8.06. The summed E-state index contributed by atoms with van der Waals surface area (Å²) < 4.78 is 0. The highest BCUT2D eigenvalue weighted by molar-refractivity contribution is 6.05. The van der Waals surface area contributed by atoms with Gasteiger partial charge in [0.1, 0.15) is 16.6 Å². The van der Waals surface area contributed by atoms with Crippen LogP contribution in [0.4, 0.5) is 0 Å². The van der Waals surface area contributed by atoms with Crippen LogP contribution in [0, 0.1) is 44.9 Å². The smallest absolute Gasteiger partial charge is 0.239 e. The standard InChI is InChI=1S/C48H62N2O4/c1-32(2)30-42(47(53,38-20-12-34(5)13-21-38)39-22-14-35(6)15-23-39)50(45(52)46(44(49)51)28-10-9-11-29-46)43(31-33(3)4)48(54,40-24-16-36(7)17-25-40)41-26-18-37(8)19-27-41/h12-27,32-33,42-43,53-54H,9-11,28-31H2,1-8H3,(H2,49,51). The number of benzene rings is 4. The van der Waals surface area contributed by atoms with E-state index in [1.165, 1.54) is 0 Å². The molecule has 4 N–H and O–H groups in total. The van der Waals surface area contributed by atoms with Gasteiger partial charge in [0.05, 0.1) is 12.1 Å². The first-order chi connectivity index (χ1) is 25.5. The lowest BCUT2D eigenvalue weighted by atomic mass is 9.68. The van der Waals surface area contributed by atoms with Crippen molar-refractivity contribution in [3.05, 3.63) is 142 Å². The summed E-state index contributed by atoms with van der Waals surface area (Å²) in [5, 5.41) is 27.7. The van der Waals surface area contributed by atoms with Crippen LogP contribution < -0.4 is 5.73 Å². The molecule has 0 aromatic heterocycles. The van der Waals surface area contributed by atoms with E-state index in [-0.39, 0.29) is 11.8 Å². The lowest BCUT2D eigenvalue weighted by molar-refractivity contribution is -0.171. The molecule has 2 atom stereocenters. The minimum Gasteiger partial charge on any atom is -0.378 e. The van der Waals surface area contributed by atoms with Crippen LogP contribution in [-0.2, 0) is 20.8 Å². The molecular weight excluding hydrogens is 669 g/mol. The largest absolute Gasteiger partial charge is 0.378 e. The molecular formula is C48H62N2O4. The van der Waals surface area contributed by atoms with Crippen LogP contribution in [0.25, 0.3) is 0 Å². The maximum Gasteiger partial charge on any atom is 0.239 e. The van der Waals surface area contributed by atoms with E-state index in [9.17, 15) is 15.0 Å². The van der Waals surface area contributed by atoms with Gasteiger partial charge in [0.15, 0.2) is 0 Å². The van der Waals surface area contributed by atoms with Gasteiger partial charge in [-0.3, -0.25) is 9.59 Å². The van der Waals surface area contributed by atoms with Gasteiger partial charge in [-0.05, 0) is 87.5 Å². The number of carbonyl (C=O) groups excluding carboxylic acids is 2. The molecule has 2 unspecified atom stereocenters. The Morgan fingerprint density at radius 1 is 0.574 bits per heavy atom. The van der Waals surface area contributed by atoms with E-state index in [0.717, 1.165) is 28.7 Å². The Kier molecular flexibility index (Phi) is 12.6. The SMILES string of the molecule is Cc1ccc(C(O)(c2ccc(C)cc2)C(CC(C)C)N(C(=O)C2(C(N)=O)CCCCC2)C(CC(C)C)C(O)(c2ccc(C)cc2)c2ccc(C)cc2)cc1. The zero-order valence-corrected chi connectivity index (χ0v) is 33.7. The number of primary amides is 1. The second-order valence-electron chi connectivity index (χ2n) is 17.0. The number of rotatable bonds is 14. The van der Waals surface area contributed by atoms with Gasteiger partial charge in [-0.2, -0.15) is 0 Å². The summed E-state index contributed by atoms with van der Waals surface area (Å²) >= 11 is 0. The summed E-state index contributed by atoms with van der Waals surface area (Å²) in [6.45, 7) is 16.4.